The highest BCUT2D eigenvalue weighted by Crippen LogP contribution is 2.52. The Balaban J connectivity index is 0.949. The lowest BCUT2D eigenvalue weighted by atomic mass is 9.81. The van der Waals surface area contributed by atoms with Gasteiger partial charge in [-0.3, -0.25) is 0 Å². The molecule has 0 N–H and O–H groups in total. The van der Waals surface area contributed by atoms with Gasteiger partial charge in [0.2, 0.25) is 0 Å². The summed E-state index contributed by atoms with van der Waals surface area (Å²) in [6.07, 6.45) is 0. The molecule has 0 radical (unpaired) electrons. The molecule has 1 aliphatic carbocycles. The van der Waals surface area contributed by atoms with Crippen molar-refractivity contribution in [3.05, 3.63) is 175 Å². The molecular weight excluding hydrogens is 635 g/mol. The highest BCUT2D eigenvalue weighted by atomic mass is 16.6. The number of rotatable bonds is 3. The van der Waals surface area contributed by atoms with Crippen LogP contribution in [-0.4, -0.2) is 4.57 Å². The Morgan fingerprint density at radius 1 is 0.404 bits per heavy atom. The Hall–Kier alpha value is -6.58. The number of hydrogen-bond donors (Lipinski definition) is 0. The van der Waals surface area contributed by atoms with E-state index in [1.807, 2.05) is 18.2 Å². The Morgan fingerprint density at radius 2 is 0.923 bits per heavy atom. The number of ether oxygens (including phenoxy) is 2. The average Bonchev–Trinajstić information content (AvgIpc) is 3.63. The molecule has 0 saturated carbocycles. The Bertz CT molecular complexity index is 2930. The number of fused-ring (bicyclic) bond motifs is 9. The minimum atomic E-state index is -0.169. The molecule has 1 aliphatic heterocycles. The third-order valence-corrected chi connectivity index (χ3v) is 11.2. The van der Waals surface area contributed by atoms with Gasteiger partial charge < -0.3 is 14.0 Å². The van der Waals surface area contributed by atoms with Crippen LogP contribution in [0.2, 0.25) is 0 Å². The van der Waals surface area contributed by atoms with E-state index >= 15 is 0 Å². The van der Waals surface area contributed by atoms with Gasteiger partial charge in [-0.05, 0) is 122 Å². The van der Waals surface area contributed by atoms with E-state index in [1.54, 1.807) is 0 Å². The predicted molar refractivity (Wildman–Crippen MR) is 213 cm³/mol. The first kappa shape index (κ1) is 29.2. The fourth-order valence-electron chi connectivity index (χ4n) is 8.55. The van der Waals surface area contributed by atoms with Crippen LogP contribution in [-0.2, 0) is 5.41 Å². The molecule has 9 aromatic rings. The van der Waals surface area contributed by atoms with Crippen LogP contribution in [0.3, 0.4) is 0 Å². The summed E-state index contributed by atoms with van der Waals surface area (Å²) < 4.78 is 15.1. The van der Waals surface area contributed by atoms with E-state index < -0.39 is 0 Å². The fraction of sp³-hybridized carbons (Fsp3) is 0.0612. The first-order valence-corrected chi connectivity index (χ1v) is 17.9. The molecule has 0 atom stereocenters. The molecule has 11 rings (SSSR count). The van der Waals surface area contributed by atoms with Crippen LogP contribution in [0.25, 0.3) is 71.6 Å². The van der Waals surface area contributed by atoms with Crippen LogP contribution in [0.5, 0.6) is 23.0 Å². The molecule has 0 spiro atoms. The van der Waals surface area contributed by atoms with Crippen molar-refractivity contribution in [2.75, 3.05) is 0 Å². The van der Waals surface area contributed by atoms with Gasteiger partial charge in [-0.25, -0.2) is 0 Å². The predicted octanol–water partition coefficient (Wildman–Crippen LogP) is 13.5. The fourth-order valence-corrected chi connectivity index (χ4v) is 8.55. The summed E-state index contributed by atoms with van der Waals surface area (Å²) in [5, 5.41) is 4.79. The number of hydrogen-bond acceptors (Lipinski definition) is 2. The van der Waals surface area contributed by atoms with Crippen LogP contribution in [0.15, 0.2) is 164 Å². The number of aromatic nitrogens is 1. The molecule has 3 heteroatoms. The van der Waals surface area contributed by atoms with Crippen molar-refractivity contribution in [1.29, 1.82) is 0 Å². The molecule has 1 aromatic heterocycles. The van der Waals surface area contributed by atoms with Gasteiger partial charge in [0, 0.05) is 21.9 Å². The van der Waals surface area contributed by atoms with E-state index in [2.05, 4.69) is 164 Å². The quantitative estimate of drug-likeness (QED) is 0.187. The monoisotopic (exact) mass is 667 g/mol. The molecule has 0 unspecified atom stereocenters. The smallest absolute Gasteiger partial charge is 0.170 e. The first-order chi connectivity index (χ1) is 25.5. The van der Waals surface area contributed by atoms with E-state index in [1.165, 1.54) is 60.9 Å². The van der Waals surface area contributed by atoms with Crippen LogP contribution in [0, 0.1) is 0 Å². The SMILES string of the molecule is CC1(C)c2cc(-c3ccc4c(c3)Oc3cc5ccccc5cc3O4)ccc2-c2ccc(-c3ccc4c(c3)c3ccccc3n4-c3ccccc3)cc21. The molecule has 2 heterocycles. The minimum absolute atomic E-state index is 0.169. The lowest BCUT2D eigenvalue weighted by molar-refractivity contribution is 0.360. The van der Waals surface area contributed by atoms with Gasteiger partial charge in [0.05, 0.1) is 11.0 Å². The minimum Gasteiger partial charge on any atom is -0.449 e. The maximum atomic E-state index is 6.44. The van der Waals surface area contributed by atoms with Crippen molar-refractivity contribution in [2.24, 2.45) is 0 Å². The van der Waals surface area contributed by atoms with Gasteiger partial charge in [-0.2, -0.15) is 0 Å². The van der Waals surface area contributed by atoms with E-state index in [-0.39, 0.29) is 5.41 Å². The van der Waals surface area contributed by atoms with Crippen molar-refractivity contribution in [3.63, 3.8) is 0 Å². The molecule has 0 amide bonds. The van der Waals surface area contributed by atoms with Gasteiger partial charge >= 0.3 is 0 Å². The molecule has 3 nitrogen and oxygen atoms in total. The molecule has 0 saturated heterocycles. The van der Waals surface area contributed by atoms with E-state index in [4.69, 9.17) is 9.47 Å². The highest BCUT2D eigenvalue weighted by molar-refractivity contribution is 6.10. The molecular formula is C49H33NO2. The van der Waals surface area contributed by atoms with E-state index in [9.17, 15) is 0 Å². The lowest BCUT2D eigenvalue weighted by Crippen LogP contribution is -2.15. The van der Waals surface area contributed by atoms with Crippen LogP contribution in [0.1, 0.15) is 25.0 Å². The summed E-state index contributed by atoms with van der Waals surface area (Å²) in [5.41, 5.74) is 13.5. The zero-order valence-corrected chi connectivity index (χ0v) is 28.9. The molecule has 246 valence electrons. The Morgan fingerprint density at radius 3 is 1.63 bits per heavy atom. The van der Waals surface area contributed by atoms with Gasteiger partial charge in [0.25, 0.3) is 0 Å². The highest BCUT2D eigenvalue weighted by Gasteiger charge is 2.36. The maximum Gasteiger partial charge on any atom is 0.170 e. The van der Waals surface area contributed by atoms with Crippen LogP contribution < -0.4 is 9.47 Å². The van der Waals surface area contributed by atoms with Crippen molar-refractivity contribution < 1.29 is 9.47 Å². The van der Waals surface area contributed by atoms with Crippen molar-refractivity contribution in [3.8, 4) is 62.1 Å². The number of para-hydroxylation sites is 2. The zero-order valence-electron chi connectivity index (χ0n) is 28.9. The van der Waals surface area contributed by atoms with Gasteiger partial charge in [0.15, 0.2) is 23.0 Å². The largest absolute Gasteiger partial charge is 0.449 e. The zero-order chi connectivity index (χ0) is 34.6. The third-order valence-electron chi connectivity index (χ3n) is 11.2. The molecule has 8 aromatic carbocycles. The van der Waals surface area contributed by atoms with Crippen molar-refractivity contribution >= 4 is 32.6 Å². The second-order valence-corrected chi connectivity index (χ2v) is 14.6. The maximum absolute atomic E-state index is 6.44. The van der Waals surface area contributed by atoms with Gasteiger partial charge in [-0.15, -0.1) is 0 Å². The summed E-state index contributed by atoms with van der Waals surface area (Å²) >= 11 is 0. The van der Waals surface area contributed by atoms with Gasteiger partial charge in [0.1, 0.15) is 0 Å². The third kappa shape index (κ3) is 4.26. The number of nitrogens with zero attached hydrogens (tertiary/aromatic N) is 1. The Kier molecular flexibility index (Phi) is 6.01. The summed E-state index contributed by atoms with van der Waals surface area (Å²) in [5.74, 6) is 2.95. The standard InChI is InChI=1S/C49H33NO2/c1-49(2)41-25-33(32-18-22-44-40(24-32)39-14-8-9-15-43(39)50(44)36-12-4-3-5-13-36)16-20-37(41)38-21-17-34(26-42(38)49)35-19-23-45-46(29-35)52-48-28-31-11-7-6-10-30(31)27-47(48)51-45/h3-29H,1-2H3. The molecule has 0 bridgehead atoms. The second-order valence-electron chi connectivity index (χ2n) is 14.6. The summed E-state index contributed by atoms with van der Waals surface area (Å²) in [6, 6.07) is 58.9. The van der Waals surface area contributed by atoms with Crippen molar-refractivity contribution in [1.82, 2.24) is 4.57 Å². The number of benzene rings is 8. The normalized spacial score (nSPS) is 13.7. The first-order valence-electron chi connectivity index (χ1n) is 17.9. The topological polar surface area (TPSA) is 23.4 Å². The average molecular weight is 668 g/mol. The van der Waals surface area contributed by atoms with Crippen LogP contribution >= 0.6 is 0 Å². The second kappa shape index (κ2) is 10.7. The summed E-state index contributed by atoms with van der Waals surface area (Å²) in [7, 11) is 0. The molecule has 52 heavy (non-hydrogen) atoms. The molecule has 0 fully saturated rings. The van der Waals surface area contributed by atoms with Crippen LogP contribution in [0.4, 0.5) is 0 Å². The lowest BCUT2D eigenvalue weighted by Gasteiger charge is -2.23. The summed E-state index contributed by atoms with van der Waals surface area (Å²) in [4.78, 5) is 0. The van der Waals surface area contributed by atoms with Crippen molar-refractivity contribution in [2.45, 2.75) is 19.3 Å². The molecule has 2 aliphatic rings. The van der Waals surface area contributed by atoms with E-state index in [0.717, 1.165) is 44.9 Å². The summed E-state index contributed by atoms with van der Waals surface area (Å²) in [6.45, 7) is 4.71. The van der Waals surface area contributed by atoms with Gasteiger partial charge in [-0.1, -0.05) is 111 Å². The van der Waals surface area contributed by atoms with E-state index in [0.29, 0.717) is 0 Å². The Labute approximate surface area is 301 Å².